The van der Waals surface area contributed by atoms with Crippen LogP contribution in [0.25, 0.3) is 0 Å². The fourth-order valence-electron chi connectivity index (χ4n) is 2.57. The van der Waals surface area contributed by atoms with Crippen molar-refractivity contribution in [1.82, 2.24) is 25.1 Å². The van der Waals surface area contributed by atoms with Crippen molar-refractivity contribution in [3.05, 3.63) is 17.0 Å². The van der Waals surface area contributed by atoms with Crippen LogP contribution in [0.1, 0.15) is 37.3 Å². The Morgan fingerprint density at radius 1 is 1.19 bits per heavy atom. The minimum Gasteiger partial charge on any atom is -0.341 e. The number of hydrogen-bond donors (Lipinski definition) is 2. The average molecular weight is 306 g/mol. The molecule has 3 heterocycles. The van der Waals surface area contributed by atoms with E-state index in [4.69, 9.17) is 11.6 Å². The predicted molar refractivity (Wildman–Crippen MR) is 80.1 cm³/mol. The summed E-state index contributed by atoms with van der Waals surface area (Å²) in [7, 11) is 0. The van der Waals surface area contributed by atoms with Crippen LogP contribution in [0.4, 0.5) is 17.7 Å². The van der Waals surface area contributed by atoms with Gasteiger partial charge in [0.05, 0.1) is 0 Å². The van der Waals surface area contributed by atoms with Crippen molar-refractivity contribution in [3.8, 4) is 0 Å². The molecule has 1 aliphatic carbocycles. The predicted octanol–water partition coefficient (Wildman–Crippen LogP) is 2.47. The highest BCUT2D eigenvalue weighted by Crippen LogP contribution is 2.39. The lowest BCUT2D eigenvalue weighted by molar-refractivity contribution is 0.882. The smallest absolute Gasteiger partial charge is 0.234 e. The van der Waals surface area contributed by atoms with Gasteiger partial charge in [0.2, 0.25) is 17.2 Å². The Morgan fingerprint density at radius 3 is 2.76 bits per heavy atom. The monoisotopic (exact) mass is 305 g/mol. The van der Waals surface area contributed by atoms with Gasteiger partial charge >= 0.3 is 0 Å². The van der Waals surface area contributed by atoms with Crippen molar-refractivity contribution in [1.29, 1.82) is 0 Å². The van der Waals surface area contributed by atoms with Gasteiger partial charge in [-0.25, -0.2) is 0 Å². The van der Waals surface area contributed by atoms with Gasteiger partial charge in [0.1, 0.15) is 0 Å². The molecule has 7 nitrogen and oxygen atoms in total. The summed E-state index contributed by atoms with van der Waals surface area (Å²) in [6, 6.07) is 2.00. The summed E-state index contributed by atoms with van der Waals surface area (Å²) in [6.07, 6.45) is 4.79. The Balaban J connectivity index is 1.55. The number of aromatic nitrogens is 5. The van der Waals surface area contributed by atoms with E-state index >= 15 is 0 Å². The van der Waals surface area contributed by atoms with Crippen molar-refractivity contribution in [2.75, 3.05) is 23.3 Å². The van der Waals surface area contributed by atoms with Gasteiger partial charge in [0.25, 0.3) is 0 Å². The molecule has 0 atom stereocenters. The minimum atomic E-state index is 0.201. The van der Waals surface area contributed by atoms with E-state index in [0.29, 0.717) is 23.6 Å². The van der Waals surface area contributed by atoms with Crippen molar-refractivity contribution >= 4 is 29.3 Å². The van der Waals surface area contributed by atoms with E-state index in [2.05, 4.69) is 35.4 Å². The highest BCUT2D eigenvalue weighted by molar-refractivity contribution is 6.28. The van der Waals surface area contributed by atoms with Gasteiger partial charge in [0, 0.05) is 30.8 Å². The number of anilines is 3. The summed E-state index contributed by atoms with van der Waals surface area (Å²) in [4.78, 5) is 14.9. The molecule has 0 aromatic carbocycles. The Bertz CT molecular complexity index is 646. The third kappa shape index (κ3) is 2.78. The lowest BCUT2D eigenvalue weighted by Gasteiger charge is -2.15. The summed E-state index contributed by atoms with van der Waals surface area (Å²) in [5.74, 6) is 2.42. The molecule has 2 aromatic heterocycles. The second-order valence-electron chi connectivity index (χ2n) is 5.53. The maximum atomic E-state index is 6.00. The van der Waals surface area contributed by atoms with Crippen molar-refractivity contribution < 1.29 is 0 Å². The standard InChI is InChI=1S/C13H16ClN7/c14-11-16-12(18-13(17-11)21-5-1-2-6-21)15-10-7-9(19-20-10)8-3-4-8/h7-8H,1-6H2,(H2,15,16,17,18,19,20). The van der Waals surface area contributed by atoms with Gasteiger partial charge in [-0.3, -0.25) is 5.10 Å². The molecule has 0 unspecified atom stereocenters. The molecule has 2 fully saturated rings. The fraction of sp³-hybridized carbons (Fsp3) is 0.538. The first-order chi connectivity index (χ1) is 10.3. The normalized spacial score (nSPS) is 18.2. The van der Waals surface area contributed by atoms with Crippen LogP contribution >= 0.6 is 11.6 Å². The van der Waals surface area contributed by atoms with Crippen LogP contribution in [0.5, 0.6) is 0 Å². The molecule has 1 saturated heterocycles. The molecule has 1 saturated carbocycles. The number of aromatic amines is 1. The number of rotatable bonds is 4. The Kier molecular flexibility index (Phi) is 3.14. The fourth-order valence-corrected chi connectivity index (χ4v) is 2.73. The second-order valence-corrected chi connectivity index (χ2v) is 5.87. The molecule has 0 amide bonds. The van der Waals surface area contributed by atoms with Crippen LogP contribution < -0.4 is 10.2 Å². The number of nitrogens with one attached hydrogen (secondary N) is 2. The molecule has 0 spiro atoms. The number of nitrogens with zero attached hydrogens (tertiary/aromatic N) is 5. The van der Waals surface area contributed by atoms with Crippen LogP contribution in [-0.4, -0.2) is 38.2 Å². The van der Waals surface area contributed by atoms with Crippen molar-refractivity contribution in [3.63, 3.8) is 0 Å². The molecule has 2 aliphatic rings. The van der Waals surface area contributed by atoms with E-state index < -0.39 is 0 Å². The molecule has 4 rings (SSSR count). The van der Waals surface area contributed by atoms with Crippen LogP contribution in [0, 0.1) is 0 Å². The average Bonchev–Trinajstić information content (AvgIpc) is 2.99. The van der Waals surface area contributed by atoms with Gasteiger partial charge in [0.15, 0.2) is 5.82 Å². The Labute approximate surface area is 127 Å². The maximum Gasteiger partial charge on any atom is 0.234 e. The van der Waals surface area contributed by atoms with Gasteiger partial charge in [-0.15, -0.1) is 0 Å². The van der Waals surface area contributed by atoms with Crippen LogP contribution in [0.2, 0.25) is 5.28 Å². The van der Waals surface area contributed by atoms with Crippen molar-refractivity contribution in [2.24, 2.45) is 0 Å². The molecule has 8 heteroatoms. The van der Waals surface area contributed by atoms with Gasteiger partial charge in [-0.05, 0) is 37.3 Å². The van der Waals surface area contributed by atoms with Crippen LogP contribution in [0.3, 0.4) is 0 Å². The van der Waals surface area contributed by atoms with Crippen LogP contribution in [-0.2, 0) is 0 Å². The first kappa shape index (κ1) is 12.8. The van der Waals surface area contributed by atoms with Gasteiger partial charge in [-0.2, -0.15) is 20.1 Å². The molecular weight excluding hydrogens is 290 g/mol. The van der Waals surface area contributed by atoms with E-state index in [1.165, 1.54) is 12.8 Å². The Hall–Kier alpha value is -1.89. The van der Waals surface area contributed by atoms with E-state index in [-0.39, 0.29) is 5.28 Å². The van der Waals surface area contributed by atoms with Gasteiger partial charge < -0.3 is 10.2 Å². The summed E-state index contributed by atoms with van der Waals surface area (Å²) in [5.41, 5.74) is 1.16. The molecule has 110 valence electrons. The number of hydrogen-bond acceptors (Lipinski definition) is 6. The molecule has 0 radical (unpaired) electrons. The topological polar surface area (TPSA) is 82.6 Å². The van der Waals surface area contributed by atoms with E-state index in [9.17, 15) is 0 Å². The van der Waals surface area contributed by atoms with E-state index in [1.807, 2.05) is 6.07 Å². The Morgan fingerprint density at radius 2 is 2.00 bits per heavy atom. The van der Waals surface area contributed by atoms with Crippen molar-refractivity contribution in [2.45, 2.75) is 31.6 Å². The quantitative estimate of drug-likeness (QED) is 0.903. The number of halogens is 1. The summed E-state index contributed by atoms with van der Waals surface area (Å²) < 4.78 is 0. The molecule has 0 bridgehead atoms. The van der Waals surface area contributed by atoms with E-state index in [0.717, 1.165) is 31.6 Å². The van der Waals surface area contributed by atoms with E-state index in [1.54, 1.807) is 0 Å². The maximum absolute atomic E-state index is 6.00. The van der Waals surface area contributed by atoms with Crippen LogP contribution in [0.15, 0.2) is 6.07 Å². The zero-order chi connectivity index (χ0) is 14.2. The highest BCUT2D eigenvalue weighted by Gasteiger charge is 2.25. The molecule has 2 aromatic rings. The minimum absolute atomic E-state index is 0.201. The summed E-state index contributed by atoms with van der Waals surface area (Å²) in [6.45, 7) is 1.93. The molecule has 21 heavy (non-hydrogen) atoms. The largest absolute Gasteiger partial charge is 0.341 e. The summed E-state index contributed by atoms with van der Waals surface area (Å²) >= 11 is 6.00. The zero-order valence-corrected chi connectivity index (χ0v) is 12.3. The molecule has 1 aliphatic heterocycles. The first-order valence-corrected chi connectivity index (χ1v) is 7.64. The third-order valence-electron chi connectivity index (χ3n) is 3.84. The lowest BCUT2D eigenvalue weighted by Crippen LogP contribution is -2.21. The highest BCUT2D eigenvalue weighted by atomic mass is 35.5. The lowest BCUT2D eigenvalue weighted by atomic mass is 10.3. The summed E-state index contributed by atoms with van der Waals surface area (Å²) in [5, 5.41) is 10.6. The number of H-pyrrole nitrogens is 1. The first-order valence-electron chi connectivity index (χ1n) is 7.27. The molecular formula is C13H16ClN7. The SMILES string of the molecule is Clc1nc(Nc2cc(C3CC3)[nH]n2)nc(N2CCCC2)n1. The molecule has 2 N–H and O–H groups in total. The second kappa shape index (κ2) is 5.14. The zero-order valence-electron chi connectivity index (χ0n) is 11.5. The third-order valence-corrected chi connectivity index (χ3v) is 4.01. The van der Waals surface area contributed by atoms with Gasteiger partial charge in [-0.1, -0.05) is 0 Å².